The molecule has 2 aromatic rings. The number of carbonyl (C=O) groups excluding carboxylic acids is 2. The Labute approximate surface area is 181 Å². The van der Waals surface area contributed by atoms with Crippen LogP contribution in [0.4, 0.5) is 0 Å². The molecule has 0 aliphatic heterocycles. The van der Waals surface area contributed by atoms with Crippen LogP contribution in [0.5, 0.6) is 0 Å². The van der Waals surface area contributed by atoms with Crippen molar-refractivity contribution in [3.63, 3.8) is 0 Å². The molecule has 164 valence electrons. The third-order valence-electron chi connectivity index (χ3n) is 7.25. The minimum Gasteiger partial charge on any atom is -0.451 e. The topological polar surface area (TPSA) is 94.3 Å². The van der Waals surface area contributed by atoms with Crippen molar-refractivity contribution >= 4 is 11.9 Å². The van der Waals surface area contributed by atoms with Gasteiger partial charge < -0.3 is 14.5 Å². The Bertz CT molecular complexity index is 919. The van der Waals surface area contributed by atoms with E-state index < -0.39 is 12.1 Å². The summed E-state index contributed by atoms with van der Waals surface area (Å²) < 4.78 is 11.0. The molecule has 7 heteroatoms. The van der Waals surface area contributed by atoms with Gasteiger partial charge in [0.25, 0.3) is 5.89 Å². The molecule has 1 aromatic heterocycles. The molecule has 4 bridgehead atoms. The molecule has 1 heterocycles. The fourth-order valence-corrected chi connectivity index (χ4v) is 6.47. The number of hydrogen-bond donors (Lipinski definition) is 1. The largest absolute Gasteiger partial charge is 0.451 e. The fourth-order valence-electron chi connectivity index (χ4n) is 6.47. The number of ether oxygens (including phenoxy) is 1. The first-order valence-electron chi connectivity index (χ1n) is 11.3. The van der Waals surface area contributed by atoms with Gasteiger partial charge in [0.1, 0.15) is 6.54 Å². The minimum atomic E-state index is -0.683. The van der Waals surface area contributed by atoms with E-state index in [1.54, 1.807) is 6.92 Å². The lowest BCUT2D eigenvalue weighted by molar-refractivity contribution is -0.150. The van der Waals surface area contributed by atoms with Gasteiger partial charge in [0.15, 0.2) is 6.10 Å². The molecule has 4 aliphatic rings. The lowest BCUT2D eigenvalue weighted by Crippen LogP contribution is -2.48. The van der Waals surface area contributed by atoms with Crippen molar-refractivity contribution < 1.29 is 18.7 Å². The highest BCUT2D eigenvalue weighted by Gasteiger charge is 2.51. The van der Waals surface area contributed by atoms with Gasteiger partial charge in [-0.25, -0.2) is 0 Å². The molecule has 4 fully saturated rings. The van der Waals surface area contributed by atoms with Crippen LogP contribution in [0.1, 0.15) is 63.9 Å². The summed E-state index contributed by atoms with van der Waals surface area (Å²) in [7, 11) is 0. The molecular weight excluding hydrogens is 394 g/mol. The number of esters is 1. The SMILES string of the molecule is C[C@H](OC(=O)CNC(=O)CC12CC3CC(CC(C3)C1)C2)c1nnc(-c2ccccc2)o1. The normalized spacial score (nSPS) is 29.5. The highest BCUT2D eigenvalue weighted by atomic mass is 16.6. The fraction of sp³-hybridized carbons (Fsp3) is 0.583. The van der Waals surface area contributed by atoms with Gasteiger partial charge in [-0.15, -0.1) is 10.2 Å². The Morgan fingerprint density at radius 3 is 2.39 bits per heavy atom. The molecule has 4 aliphatic carbocycles. The first kappa shape index (κ1) is 20.2. The maximum Gasteiger partial charge on any atom is 0.326 e. The van der Waals surface area contributed by atoms with Crippen LogP contribution in [0.25, 0.3) is 11.5 Å². The summed E-state index contributed by atoms with van der Waals surface area (Å²) >= 11 is 0. The molecule has 1 aromatic carbocycles. The number of hydrogen-bond acceptors (Lipinski definition) is 6. The van der Waals surface area contributed by atoms with Gasteiger partial charge in [0.2, 0.25) is 11.8 Å². The summed E-state index contributed by atoms with van der Waals surface area (Å²) in [5.74, 6) is 2.47. The highest BCUT2D eigenvalue weighted by molar-refractivity contribution is 5.82. The smallest absolute Gasteiger partial charge is 0.326 e. The predicted molar refractivity (Wildman–Crippen MR) is 112 cm³/mol. The molecule has 31 heavy (non-hydrogen) atoms. The van der Waals surface area contributed by atoms with Gasteiger partial charge in [-0.1, -0.05) is 18.2 Å². The Hall–Kier alpha value is -2.70. The lowest BCUT2D eigenvalue weighted by atomic mass is 9.49. The summed E-state index contributed by atoms with van der Waals surface area (Å²) in [5.41, 5.74) is 0.963. The number of aromatic nitrogens is 2. The highest BCUT2D eigenvalue weighted by Crippen LogP contribution is 2.61. The maximum atomic E-state index is 12.6. The molecule has 0 unspecified atom stereocenters. The summed E-state index contributed by atoms with van der Waals surface area (Å²) in [5, 5.41) is 10.8. The summed E-state index contributed by atoms with van der Waals surface area (Å²) in [6.45, 7) is 1.53. The van der Waals surface area contributed by atoms with E-state index in [4.69, 9.17) is 9.15 Å². The van der Waals surface area contributed by atoms with Crippen LogP contribution in [0.2, 0.25) is 0 Å². The van der Waals surface area contributed by atoms with Crippen LogP contribution >= 0.6 is 0 Å². The molecule has 1 N–H and O–H groups in total. The molecule has 0 spiro atoms. The van der Waals surface area contributed by atoms with E-state index in [1.165, 1.54) is 38.5 Å². The zero-order chi connectivity index (χ0) is 21.4. The van der Waals surface area contributed by atoms with Gasteiger partial charge in [-0.3, -0.25) is 9.59 Å². The molecule has 4 saturated carbocycles. The van der Waals surface area contributed by atoms with Gasteiger partial charge >= 0.3 is 5.97 Å². The predicted octanol–water partition coefficient (Wildman–Crippen LogP) is 4.06. The van der Waals surface area contributed by atoms with Crippen LogP contribution in [0, 0.1) is 23.2 Å². The van der Waals surface area contributed by atoms with Crippen molar-refractivity contribution in [1.29, 1.82) is 0 Å². The van der Waals surface area contributed by atoms with E-state index in [9.17, 15) is 9.59 Å². The first-order valence-corrected chi connectivity index (χ1v) is 11.3. The van der Waals surface area contributed by atoms with Crippen LogP contribution in [0.3, 0.4) is 0 Å². The number of benzene rings is 1. The van der Waals surface area contributed by atoms with Crippen LogP contribution in [-0.2, 0) is 14.3 Å². The second-order valence-electron chi connectivity index (χ2n) is 9.81. The molecule has 0 saturated heterocycles. The third kappa shape index (κ3) is 4.36. The summed E-state index contributed by atoms with van der Waals surface area (Å²) in [4.78, 5) is 24.8. The number of rotatable bonds is 7. The lowest BCUT2D eigenvalue weighted by Gasteiger charge is -2.56. The number of nitrogens with zero attached hydrogens (tertiary/aromatic N) is 2. The zero-order valence-electron chi connectivity index (χ0n) is 17.9. The second-order valence-corrected chi connectivity index (χ2v) is 9.81. The molecule has 7 nitrogen and oxygen atoms in total. The molecular formula is C24H29N3O4. The number of amides is 1. The van der Waals surface area contributed by atoms with Crippen LogP contribution < -0.4 is 5.32 Å². The third-order valence-corrected chi connectivity index (χ3v) is 7.25. The van der Waals surface area contributed by atoms with Gasteiger partial charge in [-0.2, -0.15) is 0 Å². The molecule has 0 radical (unpaired) electrons. The van der Waals surface area contributed by atoms with E-state index in [0.29, 0.717) is 12.3 Å². The van der Waals surface area contributed by atoms with Crippen molar-refractivity contribution in [1.82, 2.24) is 15.5 Å². The quantitative estimate of drug-likeness (QED) is 0.675. The van der Waals surface area contributed by atoms with E-state index >= 15 is 0 Å². The Morgan fingerprint density at radius 1 is 1.10 bits per heavy atom. The van der Waals surface area contributed by atoms with Gasteiger partial charge in [-0.05, 0) is 80.8 Å². The summed E-state index contributed by atoms with van der Waals surface area (Å²) in [6.07, 6.45) is 7.44. The van der Waals surface area contributed by atoms with E-state index in [0.717, 1.165) is 23.3 Å². The molecule has 6 rings (SSSR count). The Kier molecular flexibility index (Phi) is 5.28. The van der Waals surface area contributed by atoms with E-state index in [-0.39, 0.29) is 23.8 Å². The van der Waals surface area contributed by atoms with Crippen molar-refractivity contribution in [2.75, 3.05) is 6.54 Å². The Morgan fingerprint density at radius 2 is 1.74 bits per heavy atom. The first-order chi connectivity index (χ1) is 15.0. The number of nitrogens with one attached hydrogen (secondary N) is 1. The summed E-state index contributed by atoms with van der Waals surface area (Å²) in [6, 6.07) is 9.41. The molecule has 1 atom stereocenters. The minimum absolute atomic E-state index is 0.0456. The van der Waals surface area contributed by atoms with Crippen molar-refractivity contribution in [2.24, 2.45) is 23.2 Å². The van der Waals surface area contributed by atoms with Gasteiger partial charge in [0.05, 0.1) is 0 Å². The van der Waals surface area contributed by atoms with E-state index in [1.807, 2.05) is 30.3 Å². The van der Waals surface area contributed by atoms with E-state index in [2.05, 4.69) is 15.5 Å². The monoisotopic (exact) mass is 423 g/mol. The van der Waals surface area contributed by atoms with Crippen LogP contribution in [0.15, 0.2) is 34.7 Å². The van der Waals surface area contributed by atoms with Crippen LogP contribution in [-0.4, -0.2) is 28.6 Å². The van der Waals surface area contributed by atoms with Crippen molar-refractivity contribution in [3.8, 4) is 11.5 Å². The standard InChI is InChI=1S/C24H29N3O4/c1-15(22-26-27-23(31-22)19-5-3-2-4-6-19)30-21(29)14-25-20(28)13-24-10-16-7-17(11-24)9-18(8-16)12-24/h2-6,15-18H,7-14H2,1H3,(H,25,28)/t15-,16?,17?,18?,24?/m0/s1. The van der Waals surface area contributed by atoms with Gasteiger partial charge in [0, 0.05) is 12.0 Å². The zero-order valence-corrected chi connectivity index (χ0v) is 17.9. The maximum absolute atomic E-state index is 12.6. The average Bonchev–Trinajstić information content (AvgIpc) is 3.22. The second kappa shape index (κ2) is 8.09. The average molecular weight is 424 g/mol. The Balaban J connectivity index is 1.10. The van der Waals surface area contributed by atoms with Crippen molar-refractivity contribution in [2.45, 2.75) is 58.0 Å². The molecule has 1 amide bonds. The van der Waals surface area contributed by atoms with Crippen molar-refractivity contribution in [3.05, 3.63) is 36.2 Å². The number of carbonyl (C=O) groups is 2.